The minimum absolute atomic E-state index is 0.0644. The van der Waals surface area contributed by atoms with Crippen LogP contribution in [0.25, 0.3) is 0 Å². The van der Waals surface area contributed by atoms with Crippen LogP contribution >= 0.6 is 0 Å². The second kappa shape index (κ2) is 12.5. The summed E-state index contributed by atoms with van der Waals surface area (Å²) in [5, 5.41) is 16.1. The summed E-state index contributed by atoms with van der Waals surface area (Å²) < 4.78 is 5.18. The average Bonchev–Trinajstić information content (AvgIpc) is 2.68. The average molecular weight is 421 g/mol. The lowest BCUT2D eigenvalue weighted by Crippen LogP contribution is -2.56. The Bertz CT molecular complexity index is 721. The number of aliphatic carboxylic acids is 1. The van der Waals surface area contributed by atoms with Gasteiger partial charge in [-0.05, 0) is 23.8 Å². The third-order valence-electron chi connectivity index (χ3n) is 4.19. The smallest absolute Gasteiger partial charge is 0.408 e. The van der Waals surface area contributed by atoms with Crippen LogP contribution in [0.1, 0.15) is 39.7 Å². The van der Waals surface area contributed by atoms with Crippen molar-refractivity contribution in [2.24, 2.45) is 11.8 Å². The molecule has 166 valence electrons. The van der Waals surface area contributed by atoms with Crippen molar-refractivity contribution in [2.75, 3.05) is 6.54 Å². The van der Waals surface area contributed by atoms with E-state index in [4.69, 9.17) is 9.84 Å². The molecule has 0 saturated heterocycles. The second-order valence-corrected chi connectivity index (χ2v) is 7.73. The van der Waals surface area contributed by atoms with Crippen LogP contribution in [0.4, 0.5) is 4.79 Å². The van der Waals surface area contributed by atoms with Crippen LogP contribution < -0.4 is 16.0 Å². The molecule has 0 spiro atoms. The molecular weight excluding hydrogens is 390 g/mol. The molecule has 0 heterocycles. The van der Waals surface area contributed by atoms with E-state index in [-0.39, 0.29) is 18.4 Å². The number of benzene rings is 1. The number of hydrogen-bond donors (Lipinski definition) is 4. The number of carboxylic acids is 1. The van der Waals surface area contributed by atoms with Gasteiger partial charge in [0.1, 0.15) is 25.2 Å². The maximum Gasteiger partial charge on any atom is 0.408 e. The zero-order valence-corrected chi connectivity index (χ0v) is 17.8. The number of carboxylic acid groups (broad SMARTS) is 1. The first-order chi connectivity index (χ1) is 14.1. The third kappa shape index (κ3) is 9.40. The molecule has 1 rings (SSSR count). The molecule has 0 saturated carbocycles. The van der Waals surface area contributed by atoms with Crippen molar-refractivity contribution < 1.29 is 29.0 Å². The molecule has 0 unspecified atom stereocenters. The van der Waals surface area contributed by atoms with Crippen LogP contribution in [-0.2, 0) is 25.7 Å². The van der Waals surface area contributed by atoms with E-state index in [2.05, 4.69) is 16.0 Å². The Hall–Kier alpha value is -3.10. The predicted molar refractivity (Wildman–Crippen MR) is 110 cm³/mol. The summed E-state index contributed by atoms with van der Waals surface area (Å²) in [6.07, 6.45) is -0.399. The van der Waals surface area contributed by atoms with Crippen molar-refractivity contribution in [3.8, 4) is 0 Å². The van der Waals surface area contributed by atoms with E-state index in [0.717, 1.165) is 5.56 Å². The van der Waals surface area contributed by atoms with Gasteiger partial charge in [0.15, 0.2) is 0 Å². The normalized spacial score (nSPS) is 12.7. The number of nitrogens with one attached hydrogen (secondary N) is 3. The summed E-state index contributed by atoms with van der Waals surface area (Å²) in [4.78, 5) is 47.9. The summed E-state index contributed by atoms with van der Waals surface area (Å²) in [5.41, 5.74) is 0.812. The number of alkyl carbamates (subject to hydrolysis) is 1. The van der Waals surface area contributed by atoms with Crippen LogP contribution in [-0.4, -0.2) is 47.6 Å². The van der Waals surface area contributed by atoms with Gasteiger partial charge in [-0.25, -0.2) is 4.79 Å². The molecule has 0 fully saturated rings. The van der Waals surface area contributed by atoms with Crippen molar-refractivity contribution in [2.45, 2.75) is 52.8 Å². The molecule has 0 aliphatic heterocycles. The minimum atomic E-state index is -1.18. The Morgan fingerprint density at radius 2 is 1.60 bits per heavy atom. The largest absolute Gasteiger partial charge is 0.480 e. The van der Waals surface area contributed by atoms with Gasteiger partial charge in [0.25, 0.3) is 0 Å². The lowest BCUT2D eigenvalue weighted by molar-refractivity contribution is -0.138. The first-order valence-corrected chi connectivity index (χ1v) is 9.87. The van der Waals surface area contributed by atoms with E-state index in [1.807, 2.05) is 44.2 Å². The van der Waals surface area contributed by atoms with E-state index in [9.17, 15) is 19.2 Å². The zero-order chi connectivity index (χ0) is 22.7. The number of hydrogen-bond acceptors (Lipinski definition) is 5. The molecule has 0 radical (unpaired) electrons. The molecule has 1 aromatic rings. The van der Waals surface area contributed by atoms with Gasteiger partial charge < -0.3 is 25.8 Å². The van der Waals surface area contributed by atoms with Gasteiger partial charge in [-0.1, -0.05) is 58.0 Å². The molecule has 9 nitrogen and oxygen atoms in total. The fourth-order valence-electron chi connectivity index (χ4n) is 2.67. The molecule has 0 aliphatic carbocycles. The third-order valence-corrected chi connectivity index (χ3v) is 4.19. The van der Waals surface area contributed by atoms with Gasteiger partial charge in [0.2, 0.25) is 11.8 Å². The summed E-state index contributed by atoms with van der Waals surface area (Å²) in [6.45, 7) is 6.77. The second-order valence-electron chi connectivity index (χ2n) is 7.73. The number of rotatable bonds is 11. The molecule has 9 heteroatoms. The molecule has 0 bridgehead atoms. The summed E-state index contributed by atoms with van der Waals surface area (Å²) >= 11 is 0. The minimum Gasteiger partial charge on any atom is -0.480 e. The lowest BCUT2D eigenvalue weighted by atomic mass is 10.00. The summed E-state index contributed by atoms with van der Waals surface area (Å²) in [5.74, 6) is -2.51. The highest BCUT2D eigenvalue weighted by Crippen LogP contribution is 2.09. The maximum atomic E-state index is 12.8. The van der Waals surface area contributed by atoms with Crippen molar-refractivity contribution in [1.82, 2.24) is 16.0 Å². The van der Waals surface area contributed by atoms with E-state index < -0.39 is 42.5 Å². The van der Waals surface area contributed by atoms with Gasteiger partial charge in [0, 0.05) is 0 Å². The molecule has 4 N–H and O–H groups in total. The molecule has 0 aromatic heterocycles. The Balaban J connectivity index is 2.74. The van der Waals surface area contributed by atoms with Crippen molar-refractivity contribution in [3.05, 3.63) is 35.9 Å². The molecule has 2 atom stereocenters. The predicted octanol–water partition coefficient (Wildman–Crippen LogP) is 1.67. The number of carbonyl (C=O) groups is 4. The lowest BCUT2D eigenvalue weighted by Gasteiger charge is -2.25. The number of amides is 3. The monoisotopic (exact) mass is 421 g/mol. The first kappa shape index (κ1) is 24.9. The zero-order valence-electron chi connectivity index (χ0n) is 17.8. The quantitative estimate of drug-likeness (QED) is 0.429. The Kier molecular flexibility index (Phi) is 10.4. The highest BCUT2D eigenvalue weighted by Gasteiger charge is 2.29. The Morgan fingerprint density at radius 3 is 2.13 bits per heavy atom. The van der Waals surface area contributed by atoms with Crippen LogP contribution in [0.3, 0.4) is 0 Å². The van der Waals surface area contributed by atoms with E-state index in [1.165, 1.54) is 0 Å². The van der Waals surface area contributed by atoms with Crippen molar-refractivity contribution in [1.29, 1.82) is 0 Å². The van der Waals surface area contributed by atoms with Gasteiger partial charge in [-0.15, -0.1) is 0 Å². The highest BCUT2D eigenvalue weighted by molar-refractivity contribution is 5.92. The molecular formula is C21H31N3O6. The molecule has 30 heavy (non-hydrogen) atoms. The van der Waals surface area contributed by atoms with Crippen LogP contribution in [0.2, 0.25) is 0 Å². The van der Waals surface area contributed by atoms with Gasteiger partial charge in [-0.2, -0.15) is 0 Å². The number of ether oxygens (including phenoxy) is 1. The fraction of sp³-hybridized carbons (Fsp3) is 0.524. The van der Waals surface area contributed by atoms with Crippen LogP contribution in [0, 0.1) is 11.8 Å². The first-order valence-electron chi connectivity index (χ1n) is 9.87. The van der Waals surface area contributed by atoms with Gasteiger partial charge in [0.05, 0.1) is 0 Å². The van der Waals surface area contributed by atoms with Crippen LogP contribution in [0.5, 0.6) is 0 Å². The van der Waals surface area contributed by atoms with E-state index in [0.29, 0.717) is 6.42 Å². The standard InChI is InChI=1S/C21H31N3O6/c1-13(2)10-16(23-21(29)30-12-15-8-6-5-7-9-15)19(27)24-18(14(3)4)20(28)22-11-17(25)26/h5-9,13-14,16,18H,10-12H2,1-4H3,(H,22,28)(H,23,29)(H,24,27)(H,25,26)/t16-,18-/m0/s1. The topological polar surface area (TPSA) is 134 Å². The fourth-order valence-corrected chi connectivity index (χ4v) is 2.67. The van der Waals surface area contributed by atoms with Crippen molar-refractivity contribution >= 4 is 23.9 Å². The molecule has 0 aliphatic rings. The summed E-state index contributed by atoms with van der Waals surface area (Å²) in [6, 6.07) is 7.29. The molecule has 1 aromatic carbocycles. The highest BCUT2D eigenvalue weighted by atomic mass is 16.5. The van der Waals surface area contributed by atoms with E-state index >= 15 is 0 Å². The Labute approximate surface area is 176 Å². The van der Waals surface area contributed by atoms with Gasteiger partial charge >= 0.3 is 12.1 Å². The van der Waals surface area contributed by atoms with Crippen molar-refractivity contribution in [3.63, 3.8) is 0 Å². The van der Waals surface area contributed by atoms with E-state index in [1.54, 1.807) is 13.8 Å². The number of carbonyl (C=O) groups excluding carboxylic acids is 3. The SMILES string of the molecule is CC(C)C[C@H](NC(=O)OCc1ccccc1)C(=O)N[C@H](C(=O)NCC(=O)O)C(C)C. The summed E-state index contributed by atoms with van der Waals surface area (Å²) in [7, 11) is 0. The van der Waals surface area contributed by atoms with Crippen LogP contribution in [0.15, 0.2) is 30.3 Å². The van der Waals surface area contributed by atoms with Gasteiger partial charge in [-0.3, -0.25) is 14.4 Å². The Morgan fingerprint density at radius 1 is 0.967 bits per heavy atom. The maximum absolute atomic E-state index is 12.8. The molecule has 3 amide bonds.